The summed E-state index contributed by atoms with van der Waals surface area (Å²) < 4.78 is 0. The first-order valence-corrected chi connectivity index (χ1v) is 5.12. The predicted molar refractivity (Wildman–Crippen MR) is 52.0 cm³/mol. The van der Waals surface area contributed by atoms with Gasteiger partial charge in [-0.2, -0.15) is 0 Å². The SMILES string of the molecule is CC.CCC1CCCCNC1=O. The van der Waals surface area contributed by atoms with Crippen LogP contribution in [0.4, 0.5) is 0 Å². The smallest absolute Gasteiger partial charge is 0.223 e. The van der Waals surface area contributed by atoms with E-state index in [0.717, 1.165) is 25.8 Å². The largest absolute Gasteiger partial charge is 0.356 e. The molecule has 0 spiro atoms. The summed E-state index contributed by atoms with van der Waals surface area (Å²) >= 11 is 0. The summed E-state index contributed by atoms with van der Waals surface area (Å²) in [6, 6.07) is 0. The fourth-order valence-electron chi connectivity index (χ4n) is 1.39. The zero-order valence-electron chi connectivity index (χ0n) is 8.52. The van der Waals surface area contributed by atoms with Crippen molar-refractivity contribution in [1.29, 1.82) is 0 Å². The van der Waals surface area contributed by atoms with Crippen LogP contribution in [-0.2, 0) is 4.79 Å². The normalized spacial score (nSPS) is 23.2. The number of hydrogen-bond acceptors (Lipinski definition) is 1. The van der Waals surface area contributed by atoms with Gasteiger partial charge in [0, 0.05) is 12.5 Å². The third kappa shape index (κ3) is 3.74. The molecule has 0 aromatic rings. The molecule has 1 atom stereocenters. The van der Waals surface area contributed by atoms with Crippen molar-refractivity contribution < 1.29 is 4.79 Å². The number of carbonyl (C=O) groups excluding carboxylic acids is 1. The molecule has 0 aromatic heterocycles. The van der Waals surface area contributed by atoms with Crippen molar-refractivity contribution in [3.05, 3.63) is 0 Å². The number of hydrogen-bond donors (Lipinski definition) is 1. The molecule has 1 saturated heterocycles. The van der Waals surface area contributed by atoms with E-state index in [9.17, 15) is 4.79 Å². The highest BCUT2D eigenvalue weighted by Crippen LogP contribution is 2.14. The van der Waals surface area contributed by atoms with E-state index in [2.05, 4.69) is 12.2 Å². The van der Waals surface area contributed by atoms with E-state index in [-0.39, 0.29) is 5.91 Å². The molecule has 2 nitrogen and oxygen atoms in total. The van der Waals surface area contributed by atoms with Crippen LogP contribution in [0.2, 0.25) is 0 Å². The highest BCUT2D eigenvalue weighted by molar-refractivity contribution is 5.78. The minimum Gasteiger partial charge on any atom is -0.356 e. The Morgan fingerprint density at radius 3 is 2.67 bits per heavy atom. The Hall–Kier alpha value is -0.530. The number of rotatable bonds is 1. The summed E-state index contributed by atoms with van der Waals surface area (Å²) in [6.07, 6.45) is 4.44. The molecule has 1 unspecified atom stereocenters. The maximum Gasteiger partial charge on any atom is 0.223 e. The monoisotopic (exact) mass is 171 g/mol. The first-order chi connectivity index (χ1) is 5.84. The van der Waals surface area contributed by atoms with Crippen molar-refractivity contribution in [3.63, 3.8) is 0 Å². The highest BCUT2D eigenvalue weighted by Gasteiger charge is 2.17. The first-order valence-electron chi connectivity index (χ1n) is 5.12. The van der Waals surface area contributed by atoms with E-state index in [1.165, 1.54) is 6.42 Å². The van der Waals surface area contributed by atoms with E-state index in [0.29, 0.717) is 5.92 Å². The maximum atomic E-state index is 11.1. The molecule has 1 rings (SSSR count). The molecule has 0 radical (unpaired) electrons. The molecule has 0 aromatic carbocycles. The van der Waals surface area contributed by atoms with Gasteiger partial charge in [0.25, 0.3) is 0 Å². The molecule has 1 aliphatic rings. The van der Waals surface area contributed by atoms with Crippen LogP contribution in [-0.4, -0.2) is 12.5 Å². The summed E-state index contributed by atoms with van der Waals surface area (Å²) in [5.41, 5.74) is 0. The Morgan fingerprint density at radius 1 is 1.42 bits per heavy atom. The number of nitrogens with one attached hydrogen (secondary N) is 1. The quantitative estimate of drug-likeness (QED) is 0.644. The predicted octanol–water partition coefficient (Wildman–Crippen LogP) is 2.34. The third-order valence-electron chi connectivity index (χ3n) is 2.14. The molecular weight excluding hydrogens is 150 g/mol. The lowest BCUT2D eigenvalue weighted by molar-refractivity contribution is -0.124. The van der Waals surface area contributed by atoms with E-state index in [4.69, 9.17) is 0 Å². The summed E-state index contributed by atoms with van der Waals surface area (Å²) in [7, 11) is 0. The van der Waals surface area contributed by atoms with Crippen LogP contribution in [0, 0.1) is 5.92 Å². The van der Waals surface area contributed by atoms with Gasteiger partial charge in [-0.1, -0.05) is 27.2 Å². The second-order valence-corrected chi connectivity index (χ2v) is 2.89. The lowest BCUT2D eigenvalue weighted by atomic mass is 10.0. The van der Waals surface area contributed by atoms with Crippen LogP contribution in [0.25, 0.3) is 0 Å². The fourth-order valence-corrected chi connectivity index (χ4v) is 1.39. The van der Waals surface area contributed by atoms with Gasteiger partial charge < -0.3 is 5.32 Å². The van der Waals surface area contributed by atoms with E-state index in [1.807, 2.05) is 13.8 Å². The molecule has 1 fully saturated rings. The van der Waals surface area contributed by atoms with E-state index >= 15 is 0 Å². The molecule has 1 N–H and O–H groups in total. The van der Waals surface area contributed by atoms with Crippen LogP contribution in [0.3, 0.4) is 0 Å². The van der Waals surface area contributed by atoms with Gasteiger partial charge >= 0.3 is 0 Å². The van der Waals surface area contributed by atoms with Gasteiger partial charge in [-0.15, -0.1) is 0 Å². The lowest BCUT2D eigenvalue weighted by Gasteiger charge is -2.08. The Labute approximate surface area is 75.7 Å². The summed E-state index contributed by atoms with van der Waals surface area (Å²) in [6.45, 7) is 6.96. The van der Waals surface area contributed by atoms with Gasteiger partial charge in [0.1, 0.15) is 0 Å². The van der Waals surface area contributed by atoms with Gasteiger partial charge in [0.2, 0.25) is 5.91 Å². The molecule has 1 aliphatic heterocycles. The van der Waals surface area contributed by atoms with Gasteiger partial charge in [-0.25, -0.2) is 0 Å². The average Bonchev–Trinajstić information content (AvgIpc) is 2.33. The minimum atomic E-state index is 0.264. The Kier molecular flexibility index (Phi) is 6.82. The lowest BCUT2D eigenvalue weighted by Crippen LogP contribution is -2.28. The molecule has 1 amide bonds. The van der Waals surface area contributed by atoms with Gasteiger partial charge in [0.05, 0.1) is 0 Å². The average molecular weight is 171 g/mol. The van der Waals surface area contributed by atoms with Gasteiger partial charge in [-0.3, -0.25) is 4.79 Å². The molecule has 12 heavy (non-hydrogen) atoms. The summed E-state index contributed by atoms with van der Waals surface area (Å²) in [4.78, 5) is 11.1. The summed E-state index contributed by atoms with van der Waals surface area (Å²) in [5.74, 6) is 0.558. The summed E-state index contributed by atoms with van der Waals surface area (Å²) in [5, 5.41) is 2.91. The number of amides is 1. The molecule has 1 heterocycles. The zero-order chi connectivity index (χ0) is 9.40. The zero-order valence-corrected chi connectivity index (χ0v) is 8.52. The molecule has 0 saturated carbocycles. The molecule has 2 heteroatoms. The van der Waals surface area contributed by atoms with Crippen molar-refractivity contribution in [3.8, 4) is 0 Å². The fraction of sp³-hybridized carbons (Fsp3) is 0.900. The van der Waals surface area contributed by atoms with Crippen molar-refractivity contribution in [1.82, 2.24) is 5.32 Å². The van der Waals surface area contributed by atoms with E-state index in [1.54, 1.807) is 0 Å². The van der Waals surface area contributed by atoms with Gasteiger partial charge in [-0.05, 0) is 19.3 Å². The van der Waals surface area contributed by atoms with Crippen LogP contribution in [0.15, 0.2) is 0 Å². The van der Waals surface area contributed by atoms with Gasteiger partial charge in [0.15, 0.2) is 0 Å². The first kappa shape index (κ1) is 11.5. The second-order valence-electron chi connectivity index (χ2n) is 2.89. The Balaban J connectivity index is 0.000000561. The Bertz CT molecular complexity index is 123. The topological polar surface area (TPSA) is 29.1 Å². The van der Waals surface area contributed by atoms with Crippen molar-refractivity contribution in [2.24, 2.45) is 5.92 Å². The van der Waals surface area contributed by atoms with E-state index < -0.39 is 0 Å². The van der Waals surface area contributed by atoms with Crippen LogP contribution < -0.4 is 5.32 Å². The standard InChI is InChI=1S/C8H15NO.C2H6/c1-2-7-5-3-4-6-9-8(7)10;1-2/h7H,2-6H2,1H3,(H,9,10);1-2H3. The number of carbonyl (C=O) groups is 1. The molecular formula is C10H21NO. The van der Waals surface area contributed by atoms with Crippen molar-refractivity contribution in [2.45, 2.75) is 46.5 Å². The molecule has 0 aliphatic carbocycles. The maximum absolute atomic E-state index is 11.1. The minimum absolute atomic E-state index is 0.264. The van der Waals surface area contributed by atoms with Crippen molar-refractivity contribution >= 4 is 5.91 Å². The third-order valence-corrected chi connectivity index (χ3v) is 2.14. The van der Waals surface area contributed by atoms with Crippen LogP contribution in [0.1, 0.15) is 46.5 Å². The highest BCUT2D eigenvalue weighted by atomic mass is 16.1. The van der Waals surface area contributed by atoms with Crippen LogP contribution in [0.5, 0.6) is 0 Å². The molecule has 0 bridgehead atoms. The van der Waals surface area contributed by atoms with Crippen molar-refractivity contribution in [2.75, 3.05) is 6.54 Å². The second kappa shape index (κ2) is 7.14. The Morgan fingerprint density at radius 2 is 2.08 bits per heavy atom. The molecule has 72 valence electrons. The van der Waals surface area contributed by atoms with Crippen LogP contribution >= 0.6 is 0 Å².